The molecule has 0 aliphatic carbocycles. The first-order valence-electron chi connectivity index (χ1n) is 7.10. The quantitative estimate of drug-likeness (QED) is 0.609. The molecule has 0 unspecified atom stereocenters. The Balaban J connectivity index is 2.30. The Morgan fingerprint density at radius 1 is 1.23 bits per heavy atom. The predicted molar refractivity (Wildman–Crippen MR) is 86.3 cm³/mol. The van der Waals surface area contributed by atoms with E-state index in [-0.39, 0.29) is 17.4 Å². The predicted octanol–water partition coefficient (Wildman–Crippen LogP) is 2.54. The number of nitrogens with two attached hydrogens (primary N) is 2. The molecule has 0 fully saturated rings. The molecule has 22 heavy (non-hydrogen) atoms. The van der Waals surface area contributed by atoms with Crippen molar-refractivity contribution in [3.63, 3.8) is 0 Å². The zero-order valence-corrected chi connectivity index (χ0v) is 12.7. The number of nitrogens with one attached hydrogen (secondary N) is 1. The first-order valence-corrected chi connectivity index (χ1v) is 7.10. The van der Waals surface area contributed by atoms with Crippen LogP contribution in [0.1, 0.15) is 19.4 Å². The van der Waals surface area contributed by atoms with Gasteiger partial charge in [0.15, 0.2) is 11.5 Å². The van der Waals surface area contributed by atoms with Crippen LogP contribution in [0.2, 0.25) is 0 Å². The van der Waals surface area contributed by atoms with Gasteiger partial charge in [-0.3, -0.25) is 10.00 Å². The largest absolute Gasteiger partial charge is 0.508 e. The summed E-state index contributed by atoms with van der Waals surface area (Å²) in [6, 6.07) is 4.97. The molecule has 1 heterocycles. The van der Waals surface area contributed by atoms with Gasteiger partial charge in [0, 0.05) is 6.54 Å². The average molecular weight is 303 g/mol. The average Bonchev–Trinajstić information content (AvgIpc) is 2.83. The van der Waals surface area contributed by atoms with Crippen LogP contribution in [0.4, 0.5) is 23.0 Å². The Morgan fingerprint density at radius 3 is 2.55 bits per heavy atom. The van der Waals surface area contributed by atoms with Gasteiger partial charge in [-0.1, -0.05) is 13.8 Å². The number of hydrogen-bond donors (Lipinski definition) is 4. The standard InChI is InChI=1S/C14H21N7O/c1-3-21(4-2)8-9-7-10(22)5-6-11(9)17-18-12-13(15)19-20-14(12)16/h5-7,22H,3-4,8H2,1-2H3,(H5,15,16,19,20). The Morgan fingerprint density at radius 2 is 1.95 bits per heavy atom. The Labute approximate surface area is 128 Å². The van der Waals surface area contributed by atoms with Crippen molar-refractivity contribution in [2.24, 2.45) is 10.2 Å². The maximum Gasteiger partial charge on any atom is 0.175 e. The van der Waals surface area contributed by atoms with Gasteiger partial charge in [0.2, 0.25) is 0 Å². The van der Waals surface area contributed by atoms with Gasteiger partial charge in [0.25, 0.3) is 0 Å². The van der Waals surface area contributed by atoms with Crippen LogP contribution in [0.5, 0.6) is 5.75 Å². The summed E-state index contributed by atoms with van der Waals surface area (Å²) in [6.07, 6.45) is 0. The molecule has 0 bridgehead atoms. The Hall–Kier alpha value is -2.61. The third kappa shape index (κ3) is 3.53. The summed E-state index contributed by atoms with van der Waals surface area (Å²) in [4.78, 5) is 2.22. The van der Waals surface area contributed by atoms with Gasteiger partial charge in [-0.05, 0) is 36.9 Å². The van der Waals surface area contributed by atoms with Gasteiger partial charge in [0.05, 0.1) is 5.69 Å². The van der Waals surface area contributed by atoms with Gasteiger partial charge in [-0.15, -0.1) is 10.2 Å². The molecule has 8 nitrogen and oxygen atoms in total. The number of H-pyrrole nitrogens is 1. The molecule has 2 rings (SSSR count). The maximum atomic E-state index is 9.69. The lowest BCUT2D eigenvalue weighted by Crippen LogP contribution is -2.22. The number of rotatable bonds is 6. The number of azo groups is 1. The molecule has 1 aromatic heterocycles. The van der Waals surface area contributed by atoms with Crippen LogP contribution in [0.25, 0.3) is 0 Å². The van der Waals surface area contributed by atoms with Crippen LogP contribution >= 0.6 is 0 Å². The molecule has 1 aromatic carbocycles. The number of nitrogen functional groups attached to an aromatic ring is 2. The first kappa shape index (κ1) is 15.8. The maximum absolute atomic E-state index is 9.69. The summed E-state index contributed by atoms with van der Waals surface area (Å²) >= 11 is 0. The molecule has 8 heteroatoms. The van der Waals surface area contributed by atoms with Gasteiger partial charge < -0.3 is 16.6 Å². The van der Waals surface area contributed by atoms with E-state index in [9.17, 15) is 5.11 Å². The highest BCUT2D eigenvalue weighted by atomic mass is 16.3. The Kier molecular flexibility index (Phi) is 4.95. The molecule has 0 saturated heterocycles. The zero-order chi connectivity index (χ0) is 16.1. The van der Waals surface area contributed by atoms with Gasteiger partial charge in [-0.25, -0.2) is 0 Å². The number of phenolic OH excluding ortho intramolecular Hbond substituents is 1. The monoisotopic (exact) mass is 303 g/mol. The molecule has 0 spiro atoms. The van der Waals surface area contributed by atoms with Crippen LogP contribution in [-0.4, -0.2) is 33.3 Å². The highest BCUT2D eigenvalue weighted by Gasteiger charge is 2.10. The number of anilines is 2. The first-order chi connectivity index (χ1) is 10.5. The Bertz CT molecular complexity index is 642. The molecule has 118 valence electrons. The number of phenols is 1. The van der Waals surface area contributed by atoms with Crippen molar-refractivity contribution in [3.05, 3.63) is 23.8 Å². The van der Waals surface area contributed by atoms with Crippen molar-refractivity contribution < 1.29 is 5.11 Å². The van der Waals surface area contributed by atoms with Crippen molar-refractivity contribution in [2.75, 3.05) is 24.6 Å². The van der Waals surface area contributed by atoms with E-state index in [1.54, 1.807) is 18.2 Å². The van der Waals surface area contributed by atoms with Crippen molar-refractivity contribution in [3.8, 4) is 5.75 Å². The lowest BCUT2D eigenvalue weighted by Gasteiger charge is -2.18. The SMILES string of the molecule is CCN(CC)Cc1cc(O)ccc1N=Nc1c(N)n[nH]c1N. The summed E-state index contributed by atoms with van der Waals surface area (Å²) in [5, 5.41) is 24.3. The van der Waals surface area contributed by atoms with E-state index < -0.39 is 0 Å². The second-order valence-electron chi connectivity index (χ2n) is 4.85. The summed E-state index contributed by atoms with van der Waals surface area (Å²) in [5.74, 6) is 0.666. The molecule has 0 saturated carbocycles. The number of aromatic hydroxyl groups is 1. The van der Waals surface area contributed by atoms with Gasteiger partial charge >= 0.3 is 0 Å². The molecule has 0 atom stereocenters. The van der Waals surface area contributed by atoms with Crippen molar-refractivity contribution >= 4 is 23.0 Å². The third-order valence-corrected chi connectivity index (χ3v) is 3.40. The molecule has 6 N–H and O–H groups in total. The summed E-state index contributed by atoms with van der Waals surface area (Å²) in [6.45, 7) is 6.65. The highest BCUT2D eigenvalue weighted by Crippen LogP contribution is 2.31. The summed E-state index contributed by atoms with van der Waals surface area (Å²) < 4.78 is 0. The number of aromatic nitrogens is 2. The van der Waals surface area contributed by atoms with Crippen LogP contribution in [-0.2, 0) is 6.54 Å². The number of hydrogen-bond acceptors (Lipinski definition) is 7. The third-order valence-electron chi connectivity index (χ3n) is 3.40. The summed E-state index contributed by atoms with van der Waals surface area (Å²) in [7, 11) is 0. The van der Waals surface area contributed by atoms with Gasteiger partial charge in [-0.2, -0.15) is 5.10 Å². The van der Waals surface area contributed by atoms with Crippen molar-refractivity contribution in [1.29, 1.82) is 0 Å². The number of benzene rings is 1. The van der Waals surface area contributed by atoms with E-state index in [1.165, 1.54) is 0 Å². The summed E-state index contributed by atoms with van der Waals surface area (Å²) in [5.41, 5.74) is 13.2. The van der Waals surface area contributed by atoms with E-state index in [0.29, 0.717) is 17.9 Å². The minimum atomic E-state index is 0.198. The minimum Gasteiger partial charge on any atom is -0.508 e. The minimum absolute atomic E-state index is 0.198. The fourth-order valence-corrected chi connectivity index (χ4v) is 2.06. The van der Waals surface area contributed by atoms with E-state index >= 15 is 0 Å². The fourth-order valence-electron chi connectivity index (χ4n) is 2.06. The number of aromatic amines is 1. The molecule has 0 amide bonds. The molecular weight excluding hydrogens is 282 g/mol. The topological polar surface area (TPSA) is 129 Å². The van der Waals surface area contributed by atoms with E-state index in [4.69, 9.17) is 11.5 Å². The lowest BCUT2D eigenvalue weighted by molar-refractivity contribution is 0.295. The van der Waals surface area contributed by atoms with Crippen LogP contribution in [0.3, 0.4) is 0 Å². The molecule has 0 aliphatic heterocycles. The molecule has 0 aliphatic rings. The van der Waals surface area contributed by atoms with E-state index in [2.05, 4.69) is 39.2 Å². The molecular formula is C14H21N7O. The van der Waals surface area contributed by atoms with Crippen LogP contribution in [0.15, 0.2) is 28.4 Å². The zero-order valence-electron chi connectivity index (χ0n) is 12.7. The van der Waals surface area contributed by atoms with E-state index in [0.717, 1.165) is 18.7 Å². The molecule has 0 radical (unpaired) electrons. The highest BCUT2D eigenvalue weighted by molar-refractivity contribution is 5.70. The number of nitrogens with zero attached hydrogens (tertiary/aromatic N) is 4. The van der Waals surface area contributed by atoms with Crippen molar-refractivity contribution in [2.45, 2.75) is 20.4 Å². The van der Waals surface area contributed by atoms with Gasteiger partial charge in [0.1, 0.15) is 11.6 Å². The van der Waals surface area contributed by atoms with Crippen LogP contribution < -0.4 is 11.5 Å². The second kappa shape index (κ2) is 6.90. The second-order valence-corrected chi connectivity index (χ2v) is 4.85. The van der Waals surface area contributed by atoms with Crippen LogP contribution in [0, 0.1) is 0 Å². The van der Waals surface area contributed by atoms with E-state index in [1.807, 2.05) is 0 Å². The molecule has 2 aromatic rings. The normalized spacial score (nSPS) is 11.6. The smallest absolute Gasteiger partial charge is 0.175 e. The fraction of sp³-hybridized carbons (Fsp3) is 0.357. The van der Waals surface area contributed by atoms with Crippen molar-refractivity contribution in [1.82, 2.24) is 15.1 Å². The lowest BCUT2D eigenvalue weighted by atomic mass is 10.1.